The third-order valence-electron chi connectivity index (χ3n) is 4.80. The van der Waals surface area contributed by atoms with Crippen molar-refractivity contribution in [2.75, 3.05) is 13.7 Å². The number of nitrogens with zero attached hydrogens (tertiary/aromatic N) is 2. The maximum atomic E-state index is 12.8. The summed E-state index contributed by atoms with van der Waals surface area (Å²) in [5, 5.41) is 1.16. The SMILES string of the molecule is CCCOc1cc(C=C2CCn3c2nc2cc(Cl)ccc2c3=O)ccc1OC. The largest absolute Gasteiger partial charge is 0.493 e. The van der Waals surface area contributed by atoms with Crippen molar-refractivity contribution in [3.63, 3.8) is 0 Å². The molecule has 0 radical (unpaired) electrons. The average Bonchev–Trinajstić information content (AvgIpc) is 3.09. The highest BCUT2D eigenvalue weighted by Gasteiger charge is 2.21. The lowest BCUT2D eigenvalue weighted by molar-refractivity contribution is 0.294. The van der Waals surface area contributed by atoms with Crippen LogP contribution in [0.15, 0.2) is 41.2 Å². The Morgan fingerprint density at radius 3 is 2.86 bits per heavy atom. The number of allylic oxidation sites excluding steroid dienone is 1. The Morgan fingerprint density at radius 2 is 2.07 bits per heavy atom. The zero-order valence-electron chi connectivity index (χ0n) is 15.9. The van der Waals surface area contributed by atoms with E-state index in [2.05, 4.69) is 13.0 Å². The Kier molecular flexibility index (Phi) is 5.09. The fourth-order valence-electron chi connectivity index (χ4n) is 3.44. The molecule has 6 heteroatoms. The number of ether oxygens (including phenoxy) is 2. The zero-order valence-corrected chi connectivity index (χ0v) is 16.6. The van der Waals surface area contributed by atoms with Crippen LogP contribution in [0, 0.1) is 0 Å². The van der Waals surface area contributed by atoms with Crippen molar-refractivity contribution >= 4 is 34.2 Å². The molecule has 0 spiro atoms. The summed E-state index contributed by atoms with van der Waals surface area (Å²) < 4.78 is 12.9. The number of methoxy groups -OCH3 is 1. The van der Waals surface area contributed by atoms with Crippen molar-refractivity contribution in [2.24, 2.45) is 0 Å². The van der Waals surface area contributed by atoms with E-state index in [0.717, 1.165) is 24.0 Å². The zero-order chi connectivity index (χ0) is 19.7. The average molecular weight is 397 g/mol. The first-order valence-electron chi connectivity index (χ1n) is 9.32. The molecular weight excluding hydrogens is 376 g/mol. The molecule has 0 bridgehead atoms. The molecule has 5 nitrogen and oxygen atoms in total. The minimum atomic E-state index is -0.0261. The maximum Gasteiger partial charge on any atom is 0.261 e. The monoisotopic (exact) mass is 396 g/mol. The van der Waals surface area contributed by atoms with Gasteiger partial charge in [-0.1, -0.05) is 24.6 Å². The molecule has 1 aliphatic rings. The molecule has 28 heavy (non-hydrogen) atoms. The Bertz CT molecular complexity index is 1130. The van der Waals surface area contributed by atoms with Crippen molar-refractivity contribution in [1.82, 2.24) is 9.55 Å². The summed E-state index contributed by atoms with van der Waals surface area (Å²) in [5.74, 6) is 2.12. The third kappa shape index (κ3) is 3.38. The maximum absolute atomic E-state index is 12.8. The van der Waals surface area contributed by atoms with Crippen molar-refractivity contribution in [3.05, 3.63) is 63.2 Å². The van der Waals surface area contributed by atoms with E-state index in [-0.39, 0.29) is 5.56 Å². The van der Waals surface area contributed by atoms with E-state index in [1.807, 2.05) is 18.2 Å². The van der Waals surface area contributed by atoms with E-state index in [4.69, 9.17) is 26.1 Å². The second-order valence-corrected chi connectivity index (χ2v) is 7.17. The third-order valence-corrected chi connectivity index (χ3v) is 5.03. The Morgan fingerprint density at radius 1 is 1.21 bits per heavy atom. The van der Waals surface area contributed by atoms with Gasteiger partial charge in [-0.05, 0) is 60.4 Å². The van der Waals surface area contributed by atoms with Gasteiger partial charge in [-0.15, -0.1) is 0 Å². The van der Waals surface area contributed by atoms with Gasteiger partial charge in [-0.3, -0.25) is 9.36 Å². The van der Waals surface area contributed by atoms with E-state index < -0.39 is 0 Å². The summed E-state index contributed by atoms with van der Waals surface area (Å²) in [6, 6.07) is 11.0. The number of rotatable bonds is 5. The fraction of sp³-hybridized carbons (Fsp3) is 0.273. The molecule has 1 aliphatic heterocycles. The predicted octanol–water partition coefficient (Wildman–Crippen LogP) is 4.79. The summed E-state index contributed by atoms with van der Waals surface area (Å²) in [7, 11) is 1.63. The predicted molar refractivity (Wildman–Crippen MR) is 112 cm³/mol. The van der Waals surface area contributed by atoms with Crippen LogP contribution in [-0.2, 0) is 6.54 Å². The summed E-state index contributed by atoms with van der Waals surface area (Å²) >= 11 is 6.09. The number of hydrogen-bond donors (Lipinski definition) is 0. The van der Waals surface area contributed by atoms with Crippen LogP contribution < -0.4 is 15.0 Å². The van der Waals surface area contributed by atoms with E-state index in [9.17, 15) is 4.79 Å². The first kappa shape index (κ1) is 18.6. The molecule has 0 aliphatic carbocycles. The van der Waals surface area contributed by atoms with E-state index in [0.29, 0.717) is 46.4 Å². The molecule has 2 aromatic carbocycles. The number of benzene rings is 2. The minimum absolute atomic E-state index is 0.0261. The van der Waals surface area contributed by atoms with Crippen LogP contribution in [0.5, 0.6) is 11.5 Å². The van der Waals surface area contributed by atoms with Gasteiger partial charge in [-0.25, -0.2) is 4.98 Å². The van der Waals surface area contributed by atoms with Gasteiger partial charge in [-0.2, -0.15) is 0 Å². The molecular formula is C22H21ClN2O3. The van der Waals surface area contributed by atoms with E-state index in [1.165, 1.54) is 0 Å². The normalized spacial score (nSPS) is 14.5. The number of aromatic nitrogens is 2. The van der Waals surface area contributed by atoms with Gasteiger partial charge in [0.2, 0.25) is 0 Å². The topological polar surface area (TPSA) is 53.4 Å². The van der Waals surface area contributed by atoms with E-state index >= 15 is 0 Å². The second kappa shape index (κ2) is 7.68. The summed E-state index contributed by atoms with van der Waals surface area (Å²) in [5.41, 5.74) is 2.60. The van der Waals surface area contributed by atoms with Gasteiger partial charge in [0.05, 0.1) is 24.6 Å². The van der Waals surface area contributed by atoms with Crippen LogP contribution in [0.4, 0.5) is 0 Å². The fourth-order valence-corrected chi connectivity index (χ4v) is 3.60. The van der Waals surface area contributed by atoms with Gasteiger partial charge in [0.15, 0.2) is 11.5 Å². The second-order valence-electron chi connectivity index (χ2n) is 6.73. The molecule has 0 amide bonds. The molecule has 0 saturated heterocycles. The van der Waals surface area contributed by atoms with Gasteiger partial charge in [0.1, 0.15) is 5.82 Å². The van der Waals surface area contributed by atoms with Crippen LogP contribution in [0.25, 0.3) is 22.6 Å². The molecule has 3 aromatic rings. The molecule has 0 atom stereocenters. The Labute approximate surface area is 168 Å². The molecule has 0 unspecified atom stereocenters. The van der Waals surface area contributed by atoms with Crippen LogP contribution >= 0.6 is 11.6 Å². The molecule has 1 aromatic heterocycles. The van der Waals surface area contributed by atoms with Crippen molar-refractivity contribution in [3.8, 4) is 11.5 Å². The number of halogens is 1. The number of hydrogen-bond acceptors (Lipinski definition) is 4. The molecule has 0 N–H and O–H groups in total. The Balaban J connectivity index is 1.77. The molecule has 2 heterocycles. The summed E-state index contributed by atoms with van der Waals surface area (Å²) in [6.07, 6.45) is 3.73. The number of fused-ring (bicyclic) bond motifs is 2. The van der Waals surface area contributed by atoms with Gasteiger partial charge < -0.3 is 9.47 Å². The van der Waals surface area contributed by atoms with Crippen molar-refractivity contribution < 1.29 is 9.47 Å². The summed E-state index contributed by atoms with van der Waals surface area (Å²) in [4.78, 5) is 17.5. The summed E-state index contributed by atoms with van der Waals surface area (Å²) in [6.45, 7) is 3.32. The smallest absolute Gasteiger partial charge is 0.261 e. The Hall–Kier alpha value is -2.79. The minimum Gasteiger partial charge on any atom is -0.493 e. The molecule has 0 saturated carbocycles. The molecule has 0 fully saturated rings. The molecule has 4 rings (SSSR count). The molecule has 144 valence electrons. The van der Waals surface area contributed by atoms with Gasteiger partial charge >= 0.3 is 0 Å². The van der Waals surface area contributed by atoms with Crippen LogP contribution in [0.1, 0.15) is 31.2 Å². The lowest BCUT2D eigenvalue weighted by Gasteiger charge is -2.11. The van der Waals surface area contributed by atoms with Crippen molar-refractivity contribution in [1.29, 1.82) is 0 Å². The van der Waals surface area contributed by atoms with Crippen LogP contribution in [0.2, 0.25) is 5.02 Å². The quantitative estimate of drug-likeness (QED) is 0.622. The van der Waals surface area contributed by atoms with Gasteiger partial charge in [0.25, 0.3) is 5.56 Å². The first-order chi connectivity index (χ1) is 13.6. The highest BCUT2D eigenvalue weighted by molar-refractivity contribution is 6.31. The van der Waals surface area contributed by atoms with Gasteiger partial charge in [0, 0.05) is 11.6 Å². The highest BCUT2D eigenvalue weighted by atomic mass is 35.5. The van der Waals surface area contributed by atoms with Crippen molar-refractivity contribution in [2.45, 2.75) is 26.3 Å². The van der Waals surface area contributed by atoms with Crippen LogP contribution in [0.3, 0.4) is 0 Å². The lowest BCUT2D eigenvalue weighted by Crippen LogP contribution is -2.20. The standard InChI is InChI=1S/C22H21ClN2O3/c1-3-10-28-20-12-14(4-7-19(20)27-2)11-15-8-9-25-21(15)24-18-13-16(23)5-6-17(18)22(25)26/h4-7,11-13H,3,8-10H2,1-2H3. The first-order valence-corrected chi connectivity index (χ1v) is 9.70. The van der Waals surface area contributed by atoms with E-state index in [1.54, 1.807) is 29.9 Å². The van der Waals surface area contributed by atoms with Crippen LogP contribution in [-0.4, -0.2) is 23.3 Å². The lowest BCUT2D eigenvalue weighted by atomic mass is 10.1. The highest BCUT2D eigenvalue weighted by Crippen LogP contribution is 2.32.